The van der Waals surface area contributed by atoms with Crippen molar-refractivity contribution >= 4 is 34.2 Å². The fourth-order valence-corrected chi connectivity index (χ4v) is 2.82. The number of aromatic hydroxyl groups is 2. The third-order valence-corrected chi connectivity index (χ3v) is 4.16. The van der Waals surface area contributed by atoms with Crippen LogP contribution in [0.15, 0.2) is 54.6 Å². The molecule has 0 unspecified atom stereocenters. The standard InChI is InChI=1S/C20H16ClNO5/c21-13-5-3-4-12(8-13)10-22-18(24)11-27-20(26)16-9-17(23)14-6-1-2-7-15(14)19(16)25/h1-9,23,25H,10-11H2,(H,22,24). The third-order valence-electron chi connectivity index (χ3n) is 3.93. The Bertz CT molecular complexity index is 1020. The van der Waals surface area contributed by atoms with Crippen LogP contribution in [0.25, 0.3) is 10.8 Å². The van der Waals surface area contributed by atoms with Gasteiger partial charge in [0.1, 0.15) is 17.1 Å². The molecule has 3 aromatic rings. The van der Waals surface area contributed by atoms with E-state index in [4.69, 9.17) is 16.3 Å². The number of carbonyl (C=O) groups excluding carboxylic acids is 2. The number of phenolic OH excluding ortho intramolecular Hbond substituents is 2. The quantitative estimate of drug-likeness (QED) is 0.462. The number of phenols is 2. The van der Waals surface area contributed by atoms with Crippen LogP contribution in [0.4, 0.5) is 0 Å². The second-order valence-electron chi connectivity index (χ2n) is 5.82. The van der Waals surface area contributed by atoms with Crippen molar-refractivity contribution in [2.75, 3.05) is 6.61 Å². The average Bonchev–Trinajstić information content (AvgIpc) is 2.67. The summed E-state index contributed by atoms with van der Waals surface area (Å²) < 4.78 is 4.94. The molecule has 3 N–H and O–H groups in total. The zero-order chi connectivity index (χ0) is 19.4. The van der Waals surface area contributed by atoms with E-state index in [1.54, 1.807) is 48.5 Å². The first-order chi connectivity index (χ1) is 13.0. The predicted octanol–water partition coefficient (Wildman–Crippen LogP) is 3.38. The fourth-order valence-electron chi connectivity index (χ4n) is 2.60. The normalized spacial score (nSPS) is 10.6. The summed E-state index contributed by atoms with van der Waals surface area (Å²) in [6.45, 7) is -0.286. The molecule has 0 radical (unpaired) electrons. The largest absolute Gasteiger partial charge is 0.507 e. The number of rotatable bonds is 5. The van der Waals surface area contributed by atoms with E-state index in [0.29, 0.717) is 15.8 Å². The van der Waals surface area contributed by atoms with E-state index in [1.807, 2.05) is 0 Å². The summed E-state index contributed by atoms with van der Waals surface area (Å²) in [6, 6.07) is 14.7. The summed E-state index contributed by atoms with van der Waals surface area (Å²) in [6.07, 6.45) is 0. The van der Waals surface area contributed by atoms with Gasteiger partial charge in [-0.05, 0) is 23.8 Å². The van der Waals surface area contributed by atoms with Gasteiger partial charge in [-0.15, -0.1) is 0 Å². The highest BCUT2D eigenvalue weighted by atomic mass is 35.5. The number of ether oxygens (including phenoxy) is 1. The molecular formula is C20H16ClNO5. The van der Waals surface area contributed by atoms with Crippen molar-refractivity contribution in [3.8, 4) is 11.5 Å². The smallest absolute Gasteiger partial charge is 0.342 e. The van der Waals surface area contributed by atoms with Gasteiger partial charge in [0.05, 0.1) is 0 Å². The van der Waals surface area contributed by atoms with Gasteiger partial charge in [-0.3, -0.25) is 4.79 Å². The van der Waals surface area contributed by atoms with Crippen LogP contribution in [0.3, 0.4) is 0 Å². The first-order valence-electron chi connectivity index (χ1n) is 8.07. The zero-order valence-corrected chi connectivity index (χ0v) is 14.9. The van der Waals surface area contributed by atoms with Crippen LogP contribution in [0.1, 0.15) is 15.9 Å². The van der Waals surface area contributed by atoms with Crippen LogP contribution in [-0.2, 0) is 16.1 Å². The molecule has 3 aromatic carbocycles. The maximum absolute atomic E-state index is 12.2. The Morgan fingerprint density at radius 2 is 1.74 bits per heavy atom. The van der Waals surface area contributed by atoms with Crippen molar-refractivity contribution in [2.24, 2.45) is 0 Å². The number of hydrogen-bond donors (Lipinski definition) is 3. The van der Waals surface area contributed by atoms with E-state index in [-0.39, 0.29) is 23.6 Å². The van der Waals surface area contributed by atoms with Gasteiger partial charge >= 0.3 is 5.97 Å². The molecule has 0 fully saturated rings. The number of carbonyl (C=O) groups is 2. The van der Waals surface area contributed by atoms with Crippen molar-refractivity contribution in [1.82, 2.24) is 5.32 Å². The summed E-state index contributed by atoms with van der Waals surface area (Å²) in [5.74, 6) is -1.90. The van der Waals surface area contributed by atoms with Gasteiger partial charge in [0.15, 0.2) is 6.61 Å². The predicted molar refractivity (Wildman–Crippen MR) is 101 cm³/mol. The lowest BCUT2D eigenvalue weighted by Gasteiger charge is -2.10. The Balaban J connectivity index is 1.63. The molecule has 138 valence electrons. The lowest BCUT2D eigenvalue weighted by molar-refractivity contribution is -0.124. The van der Waals surface area contributed by atoms with Crippen LogP contribution < -0.4 is 5.32 Å². The molecule has 0 atom stereocenters. The molecule has 0 bridgehead atoms. The molecule has 0 saturated heterocycles. The molecule has 0 aliphatic heterocycles. The molecular weight excluding hydrogens is 370 g/mol. The number of esters is 1. The topological polar surface area (TPSA) is 95.9 Å². The molecule has 1 amide bonds. The minimum Gasteiger partial charge on any atom is -0.507 e. The van der Waals surface area contributed by atoms with Crippen molar-refractivity contribution in [3.63, 3.8) is 0 Å². The van der Waals surface area contributed by atoms with E-state index >= 15 is 0 Å². The second kappa shape index (κ2) is 7.97. The highest BCUT2D eigenvalue weighted by Crippen LogP contribution is 2.35. The average molecular weight is 386 g/mol. The number of amides is 1. The van der Waals surface area contributed by atoms with Gasteiger partial charge in [0.25, 0.3) is 5.91 Å². The summed E-state index contributed by atoms with van der Waals surface area (Å²) in [5, 5.41) is 24.2. The maximum atomic E-state index is 12.2. The minimum atomic E-state index is -0.911. The fraction of sp³-hybridized carbons (Fsp3) is 0.100. The number of hydrogen-bond acceptors (Lipinski definition) is 5. The summed E-state index contributed by atoms with van der Waals surface area (Å²) in [7, 11) is 0. The molecule has 0 saturated carbocycles. The molecule has 0 spiro atoms. The van der Waals surface area contributed by atoms with Crippen LogP contribution >= 0.6 is 11.6 Å². The second-order valence-corrected chi connectivity index (χ2v) is 6.26. The van der Waals surface area contributed by atoms with E-state index < -0.39 is 18.5 Å². The highest BCUT2D eigenvalue weighted by Gasteiger charge is 2.19. The Hall–Kier alpha value is -3.25. The molecule has 27 heavy (non-hydrogen) atoms. The van der Waals surface area contributed by atoms with Gasteiger partial charge in [0.2, 0.25) is 0 Å². The van der Waals surface area contributed by atoms with Gasteiger partial charge in [-0.1, -0.05) is 48.0 Å². The lowest BCUT2D eigenvalue weighted by Crippen LogP contribution is -2.28. The molecule has 0 aliphatic carbocycles. The monoisotopic (exact) mass is 385 g/mol. The molecule has 0 aromatic heterocycles. The van der Waals surface area contributed by atoms with Crippen LogP contribution in [-0.4, -0.2) is 28.7 Å². The molecule has 0 heterocycles. The van der Waals surface area contributed by atoms with Crippen LogP contribution in [0.5, 0.6) is 11.5 Å². The van der Waals surface area contributed by atoms with Crippen LogP contribution in [0, 0.1) is 0 Å². The minimum absolute atomic E-state index is 0.166. The Labute approximate surface area is 160 Å². The Kier molecular flexibility index (Phi) is 5.47. The lowest BCUT2D eigenvalue weighted by atomic mass is 10.0. The van der Waals surface area contributed by atoms with Gasteiger partial charge < -0.3 is 20.3 Å². The van der Waals surface area contributed by atoms with E-state index in [9.17, 15) is 19.8 Å². The van der Waals surface area contributed by atoms with Gasteiger partial charge in [-0.25, -0.2) is 4.79 Å². The van der Waals surface area contributed by atoms with Crippen molar-refractivity contribution in [3.05, 3.63) is 70.7 Å². The van der Waals surface area contributed by atoms with Crippen molar-refractivity contribution in [2.45, 2.75) is 6.54 Å². The number of nitrogens with one attached hydrogen (secondary N) is 1. The van der Waals surface area contributed by atoms with Crippen LogP contribution in [0.2, 0.25) is 5.02 Å². The van der Waals surface area contributed by atoms with Crippen molar-refractivity contribution < 1.29 is 24.5 Å². The van der Waals surface area contributed by atoms with E-state index in [1.165, 1.54) is 0 Å². The summed E-state index contributed by atoms with van der Waals surface area (Å²) in [5.41, 5.74) is 0.591. The molecule has 7 heteroatoms. The Morgan fingerprint density at radius 1 is 1.00 bits per heavy atom. The SMILES string of the molecule is O=C(COC(=O)c1cc(O)c2ccccc2c1O)NCc1cccc(Cl)c1. The number of benzene rings is 3. The third kappa shape index (κ3) is 4.30. The first kappa shape index (κ1) is 18.5. The molecule has 6 nitrogen and oxygen atoms in total. The summed E-state index contributed by atoms with van der Waals surface area (Å²) >= 11 is 5.87. The maximum Gasteiger partial charge on any atom is 0.342 e. The number of halogens is 1. The Morgan fingerprint density at radius 3 is 2.48 bits per heavy atom. The van der Waals surface area contributed by atoms with Gasteiger partial charge in [0, 0.05) is 22.3 Å². The molecule has 0 aliphatic rings. The zero-order valence-electron chi connectivity index (χ0n) is 14.1. The van der Waals surface area contributed by atoms with E-state index in [2.05, 4.69) is 5.32 Å². The molecule has 3 rings (SSSR count). The van der Waals surface area contributed by atoms with E-state index in [0.717, 1.165) is 11.6 Å². The summed E-state index contributed by atoms with van der Waals surface area (Å²) in [4.78, 5) is 24.1. The van der Waals surface area contributed by atoms with Gasteiger partial charge in [-0.2, -0.15) is 0 Å². The first-order valence-corrected chi connectivity index (χ1v) is 8.45. The number of fused-ring (bicyclic) bond motifs is 1. The van der Waals surface area contributed by atoms with Crippen molar-refractivity contribution in [1.29, 1.82) is 0 Å². The highest BCUT2D eigenvalue weighted by molar-refractivity contribution is 6.30.